The molecule has 114 valence electrons. The number of nitrogens with zero attached hydrogens (tertiary/aromatic N) is 1. The lowest BCUT2D eigenvalue weighted by Crippen LogP contribution is -2.42. The Morgan fingerprint density at radius 3 is 2.35 bits per heavy atom. The minimum atomic E-state index is -0.399. The van der Waals surface area contributed by atoms with Crippen LogP contribution >= 0.6 is 0 Å². The number of likely N-dealkylation sites (tertiary alicyclic amines) is 1. The molecule has 0 radical (unpaired) electrons. The van der Waals surface area contributed by atoms with Crippen molar-refractivity contribution in [1.29, 1.82) is 0 Å². The van der Waals surface area contributed by atoms with Crippen molar-refractivity contribution in [1.82, 2.24) is 10.2 Å². The van der Waals surface area contributed by atoms with E-state index in [1.807, 2.05) is 25.7 Å². The SMILES string of the molecule is CC(C)(C)OC(=O)N1CC2C(C1)C2NC1CCOCC1. The Bertz CT molecular complexity index is 362. The lowest BCUT2D eigenvalue weighted by atomic mass is 10.1. The molecule has 1 amide bonds. The van der Waals surface area contributed by atoms with Crippen LogP contribution in [0.5, 0.6) is 0 Å². The number of fused-ring (bicyclic) bond motifs is 1. The maximum Gasteiger partial charge on any atom is 0.410 e. The van der Waals surface area contributed by atoms with E-state index in [1.165, 1.54) is 0 Å². The second kappa shape index (κ2) is 5.19. The Kier molecular flexibility index (Phi) is 3.67. The zero-order valence-electron chi connectivity index (χ0n) is 12.7. The van der Waals surface area contributed by atoms with Crippen LogP contribution in [0.25, 0.3) is 0 Å². The smallest absolute Gasteiger partial charge is 0.410 e. The highest BCUT2D eigenvalue weighted by Gasteiger charge is 2.57. The summed E-state index contributed by atoms with van der Waals surface area (Å²) in [6.45, 7) is 9.19. The topological polar surface area (TPSA) is 50.8 Å². The zero-order valence-corrected chi connectivity index (χ0v) is 12.7. The Hall–Kier alpha value is -0.810. The first kappa shape index (κ1) is 14.1. The molecule has 5 nitrogen and oxygen atoms in total. The van der Waals surface area contributed by atoms with Gasteiger partial charge in [-0.25, -0.2) is 4.79 Å². The molecule has 5 heteroatoms. The van der Waals surface area contributed by atoms with Crippen LogP contribution in [0.1, 0.15) is 33.6 Å². The van der Waals surface area contributed by atoms with Crippen LogP contribution < -0.4 is 5.32 Å². The van der Waals surface area contributed by atoms with Crippen molar-refractivity contribution in [2.45, 2.75) is 51.3 Å². The fraction of sp³-hybridized carbons (Fsp3) is 0.933. The number of amides is 1. The van der Waals surface area contributed by atoms with Crippen LogP contribution in [0.4, 0.5) is 4.79 Å². The molecule has 0 aromatic heterocycles. The summed E-state index contributed by atoms with van der Waals surface area (Å²) in [6.07, 6.45) is 2.08. The van der Waals surface area contributed by atoms with Crippen molar-refractivity contribution >= 4 is 6.09 Å². The molecule has 0 bridgehead atoms. The Labute approximate surface area is 121 Å². The molecule has 0 aromatic carbocycles. The van der Waals surface area contributed by atoms with Gasteiger partial charge in [0.05, 0.1) is 0 Å². The van der Waals surface area contributed by atoms with Crippen LogP contribution in [0.3, 0.4) is 0 Å². The van der Waals surface area contributed by atoms with Gasteiger partial charge in [-0.15, -0.1) is 0 Å². The summed E-state index contributed by atoms with van der Waals surface area (Å²) in [7, 11) is 0. The molecule has 3 fully saturated rings. The highest BCUT2D eigenvalue weighted by molar-refractivity contribution is 5.69. The predicted octanol–water partition coefficient (Wildman–Crippen LogP) is 1.62. The average Bonchev–Trinajstić information content (AvgIpc) is 2.84. The molecule has 0 aromatic rings. The standard InChI is InChI=1S/C15H26N2O3/c1-15(2,3)20-14(18)17-8-11-12(9-17)13(11)16-10-4-6-19-7-5-10/h10-13,16H,4-9H2,1-3H3. The molecular formula is C15H26N2O3. The van der Waals surface area contributed by atoms with Crippen molar-refractivity contribution in [3.63, 3.8) is 0 Å². The largest absolute Gasteiger partial charge is 0.444 e. The third-order valence-corrected chi connectivity index (χ3v) is 4.50. The number of hydrogen-bond donors (Lipinski definition) is 1. The van der Waals surface area contributed by atoms with Crippen molar-refractivity contribution in [3.8, 4) is 0 Å². The van der Waals surface area contributed by atoms with Gasteiger partial charge in [0.2, 0.25) is 0 Å². The summed E-state index contributed by atoms with van der Waals surface area (Å²) < 4.78 is 10.8. The van der Waals surface area contributed by atoms with E-state index in [-0.39, 0.29) is 6.09 Å². The first-order chi connectivity index (χ1) is 9.44. The van der Waals surface area contributed by atoms with Gasteiger partial charge in [0.25, 0.3) is 0 Å². The molecule has 2 atom stereocenters. The number of ether oxygens (including phenoxy) is 2. The Balaban J connectivity index is 1.42. The monoisotopic (exact) mass is 282 g/mol. The summed E-state index contributed by atoms with van der Waals surface area (Å²) in [4.78, 5) is 13.9. The van der Waals surface area contributed by atoms with Gasteiger partial charge in [0.1, 0.15) is 5.60 Å². The average molecular weight is 282 g/mol. The minimum absolute atomic E-state index is 0.158. The molecule has 2 aliphatic heterocycles. The second-order valence-corrected chi connectivity index (χ2v) is 7.29. The Morgan fingerprint density at radius 1 is 1.20 bits per heavy atom. The molecule has 20 heavy (non-hydrogen) atoms. The highest BCUT2D eigenvalue weighted by Crippen LogP contribution is 2.46. The van der Waals surface area contributed by atoms with E-state index in [0.717, 1.165) is 39.1 Å². The summed E-state index contributed by atoms with van der Waals surface area (Å²) in [5.41, 5.74) is -0.399. The fourth-order valence-corrected chi connectivity index (χ4v) is 3.39. The van der Waals surface area contributed by atoms with E-state index < -0.39 is 5.60 Å². The first-order valence-electron chi connectivity index (χ1n) is 7.76. The highest BCUT2D eigenvalue weighted by atomic mass is 16.6. The number of rotatable bonds is 2. The lowest BCUT2D eigenvalue weighted by molar-refractivity contribution is 0.0266. The number of carbonyl (C=O) groups excluding carboxylic acids is 1. The van der Waals surface area contributed by atoms with Gasteiger partial charge < -0.3 is 19.7 Å². The number of nitrogens with one attached hydrogen (secondary N) is 1. The summed E-state index contributed by atoms with van der Waals surface area (Å²) in [5, 5.41) is 3.74. The van der Waals surface area contributed by atoms with E-state index in [0.29, 0.717) is 23.9 Å². The molecule has 1 saturated carbocycles. The van der Waals surface area contributed by atoms with E-state index in [1.54, 1.807) is 0 Å². The van der Waals surface area contributed by atoms with Gasteiger partial charge >= 0.3 is 6.09 Å². The van der Waals surface area contributed by atoms with Crippen molar-refractivity contribution in [2.24, 2.45) is 11.8 Å². The van der Waals surface area contributed by atoms with E-state index in [2.05, 4.69) is 5.32 Å². The lowest BCUT2D eigenvalue weighted by Gasteiger charge is -2.27. The third-order valence-electron chi connectivity index (χ3n) is 4.50. The van der Waals surface area contributed by atoms with Gasteiger partial charge in [-0.2, -0.15) is 0 Å². The van der Waals surface area contributed by atoms with E-state index >= 15 is 0 Å². The molecule has 0 spiro atoms. The van der Waals surface area contributed by atoms with Gasteiger partial charge in [0, 0.05) is 38.4 Å². The predicted molar refractivity (Wildman–Crippen MR) is 75.6 cm³/mol. The van der Waals surface area contributed by atoms with Gasteiger partial charge in [-0.05, 0) is 45.4 Å². The summed E-state index contributed by atoms with van der Waals surface area (Å²) >= 11 is 0. The van der Waals surface area contributed by atoms with Gasteiger partial charge in [-0.1, -0.05) is 0 Å². The minimum Gasteiger partial charge on any atom is -0.444 e. The van der Waals surface area contributed by atoms with Crippen molar-refractivity contribution < 1.29 is 14.3 Å². The number of hydrogen-bond acceptors (Lipinski definition) is 4. The Morgan fingerprint density at radius 2 is 1.80 bits per heavy atom. The van der Waals surface area contributed by atoms with Crippen LogP contribution in [-0.2, 0) is 9.47 Å². The molecular weight excluding hydrogens is 256 g/mol. The second-order valence-electron chi connectivity index (χ2n) is 7.29. The van der Waals surface area contributed by atoms with Crippen LogP contribution in [0.15, 0.2) is 0 Å². The zero-order chi connectivity index (χ0) is 14.3. The van der Waals surface area contributed by atoms with Crippen molar-refractivity contribution in [2.75, 3.05) is 26.3 Å². The molecule has 1 N–H and O–H groups in total. The fourth-order valence-electron chi connectivity index (χ4n) is 3.39. The molecule has 2 saturated heterocycles. The molecule has 2 heterocycles. The van der Waals surface area contributed by atoms with Gasteiger partial charge in [-0.3, -0.25) is 0 Å². The molecule has 3 aliphatic rings. The molecule has 2 unspecified atom stereocenters. The van der Waals surface area contributed by atoms with Gasteiger partial charge in [0.15, 0.2) is 0 Å². The van der Waals surface area contributed by atoms with Crippen LogP contribution in [0, 0.1) is 11.8 Å². The first-order valence-corrected chi connectivity index (χ1v) is 7.76. The van der Waals surface area contributed by atoms with Crippen molar-refractivity contribution in [3.05, 3.63) is 0 Å². The van der Waals surface area contributed by atoms with Crippen LogP contribution in [0.2, 0.25) is 0 Å². The van der Waals surface area contributed by atoms with E-state index in [4.69, 9.17) is 9.47 Å². The summed E-state index contributed by atoms with van der Waals surface area (Å²) in [6, 6.07) is 1.21. The summed E-state index contributed by atoms with van der Waals surface area (Å²) in [5.74, 6) is 1.26. The molecule has 1 aliphatic carbocycles. The van der Waals surface area contributed by atoms with Crippen LogP contribution in [-0.4, -0.2) is 55.0 Å². The maximum atomic E-state index is 12.0. The van der Waals surface area contributed by atoms with E-state index in [9.17, 15) is 4.79 Å². The third kappa shape index (κ3) is 3.09. The number of carbonyl (C=O) groups is 1. The molecule has 3 rings (SSSR count). The number of piperidine rings is 1. The normalized spacial score (nSPS) is 34.0. The quantitative estimate of drug-likeness (QED) is 0.836. The maximum absolute atomic E-state index is 12.0.